The number of benzene rings is 3. The zero-order valence-corrected chi connectivity index (χ0v) is 21.5. The van der Waals surface area contributed by atoms with Gasteiger partial charge >= 0.3 is 0 Å². The van der Waals surface area contributed by atoms with E-state index in [1.165, 1.54) is 21.7 Å². The van der Waals surface area contributed by atoms with Gasteiger partial charge in [0.05, 0.1) is 15.8 Å². The summed E-state index contributed by atoms with van der Waals surface area (Å²) < 4.78 is 1.10. The molecule has 6 rings (SSSR count). The fourth-order valence-corrected chi connectivity index (χ4v) is 9.62. The van der Waals surface area contributed by atoms with Crippen LogP contribution in [0.5, 0.6) is 0 Å². The number of thiophene rings is 1. The zero-order valence-electron chi connectivity index (χ0n) is 18.8. The van der Waals surface area contributed by atoms with Crippen molar-refractivity contribution in [1.82, 2.24) is 4.98 Å². The number of fused-ring (bicyclic) bond motifs is 3. The summed E-state index contributed by atoms with van der Waals surface area (Å²) in [7, 11) is -1.79. The lowest BCUT2D eigenvalue weighted by molar-refractivity contribution is 1.32. The molecule has 34 heavy (non-hydrogen) atoms. The summed E-state index contributed by atoms with van der Waals surface area (Å²) in [5, 5.41) is 14.7. The molecule has 5 aromatic rings. The van der Waals surface area contributed by atoms with Gasteiger partial charge < -0.3 is 4.90 Å². The van der Waals surface area contributed by atoms with Crippen LogP contribution in [0, 0.1) is 11.3 Å². The first-order valence-electron chi connectivity index (χ1n) is 11.1. The normalized spacial score (nSPS) is 14.5. The van der Waals surface area contributed by atoms with E-state index in [1.54, 1.807) is 22.7 Å². The molecule has 0 saturated heterocycles. The van der Waals surface area contributed by atoms with Crippen LogP contribution in [0.3, 0.4) is 0 Å². The third-order valence-electron chi connectivity index (χ3n) is 6.40. The molecule has 0 bridgehead atoms. The Balaban J connectivity index is 1.44. The Hall–Kier alpha value is -3.50. The van der Waals surface area contributed by atoms with Gasteiger partial charge in [-0.25, -0.2) is 4.98 Å². The molecule has 3 nitrogen and oxygen atoms in total. The number of aromatic nitrogens is 1. The maximum absolute atomic E-state index is 9.89. The van der Waals surface area contributed by atoms with Crippen LogP contribution in [-0.2, 0) is 0 Å². The van der Waals surface area contributed by atoms with Gasteiger partial charge in [-0.2, -0.15) is 5.26 Å². The standard InChI is InChI=1S/C28H21N3S2Si/c1-34(2)25-13-7-4-10-22(25)31(23-11-5-8-14-26(23)34)27-16-15-20(32-27)17-19(18-29)28-30-21-9-3-6-12-24(21)33-28/h3-17H,1-2H3/b19-17+. The van der Waals surface area contributed by atoms with E-state index < -0.39 is 8.07 Å². The molecule has 0 atom stereocenters. The average molecular weight is 492 g/mol. The van der Waals surface area contributed by atoms with Gasteiger partial charge in [0.2, 0.25) is 0 Å². The Morgan fingerprint density at radius 1 is 0.853 bits per heavy atom. The van der Waals surface area contributed by atoms with Crippen LogP contribution in [0.4, 0.5) is 16.4 Å². The Morgan fingerprint density at radius 3 is 2.18 bits per heavy atom. The highest BCUT2D eigenvalue weighted by Gasteiger charge is 2.38. The first-order valence-corrected chi connectivity index (χ1v) is 15.8. The molecule has 6 heteroatoms. The first kappa shape index (κ1) is 21.1. The summed E-state index contributed by atoms with van der Waals surface area (Å²) in [4.78, 5) is 8.11. The number of allylic oxidation sites excluding steroid dienone is 1. The largest absolute Gasteiger partial charge is 0.302 e. The van der Waals surface area contributed by atoms with E-state index in [9.17, 15) is 5.26 Å². The lowest BCUT2D eigenvalue weighted by atomic mass is 10.2. The number of para-hydroxylation sites is 3. The number of nitriles is 1. The topological polar surface area (TPSA) is 39.9 Å². The van der Waals surface area contributed by atoms with Crippen molar-refractivity contribution < 1.29 is 0 Å². The number of nitrogens with zero attached hydrogens (tertiary/aromatic N) is 3. The van der Waals surface area contributed by atoms with Crippen molar-refractivity contribution in [1.29, 1.82) is 5.26 Å². The number of hydrogen-bond acceptors (Lipinski definition) is 5. The van der Waals surface area contributed by atoms with Gasteiger partial charge in [-0.05, 0) is 52.8 Å². The molecule has 0 amide bonds. The van der Waals surface area contributed by atoms with Crippen molar-refractivity contribution in [3.8, 4) is 6.07 Å². The van der Waals surface area contributed by atoms with Gasteiger partial charge in [0.15, 0.2) is 0 Å². The van der Waals surface area contributed by atoms with Gasteiger partial charge in [0, 0.05) is 16.3 Å². The molecule has 3 aromatic carbocycles. The molecule has 0 aliphatic carbocycles. The maximum atomic E-state index is 9.89. The lowest BCUT2D eigenvalue weighted by Crippen LogP contribution is -2.58. The summed E-state index contributed by atoms with van der Waals surface area (Å²) in [5.74, 6) is 0. The van der Waals surface area contributed by atoms with E-state index in [4.69, 9.17) is 0 Å². The molecule has 0 radical (unpaired) electrons. The highest BCUT2D eigenvalue weighted by molar-refractivity contribution is 7.20. The van der Waals surface area contributed by atoms with E-state index in [2.05, 4.69) is 89.7 Å². The minimum Gasteiger partial charge on any atom is -0.302 e. The van der Waals surface area contributed by atoms with E-state index >= 15 is 0 Å². The molecular formula is C28H21N3S2Si. The smallest absolute Gasteiger partial charge is 0.135 e. The molecule has 1 aliphatic rings. The molecule has 1 aliphatic heterocycles. The fraction of sp³-hybridized carbons (Fsp3) is 0.0714. The van der Waals surface area contributed by atoms with Crippen LogP contribution in [0.15, 0.2) is 84.9 Å². The van der Waals surface area contributed by atoms with Crippen LogP contribution in [0.1, 0.15) is 9.88 Å². The van der Waals surface area contributed by atoms with E-state index in [0.29, 0.717) is 5.57 Å². The minimum absolute atomic E-state index is 0.600. The number of thiazole rings is 1. The summed E-state index contributed by atoms with van der Waals surface area (Å²) in [6.45, 7) is 4.86. The molecule has 0 N–H and O–H groups in total. The second-order valence-electron chi connectivity index (χ2n) is 8.83. The van der Waals surface area contributed by atoms with Gasteiger partial charge in [-0.15, -0.1) is 22.7 Å². The molecule has 164 valence electrons. The number of anilines is 3. The van der Waals surface area contributed by atoms with Gasteiger partial charge in [-0.1, -0.05) is 61.6 Å². The van der Waals surface area contributed by atoms with Gasteiger partial charge in [0.25, 0.3) is 0 Å². The van der Waals surface area contributed by atoms with Crippen molar-refractivity contribution in [2.45, 2.75) is 13.1 Å². The second kappa shape index (κ2) is 8.07. The molecule has 0 spiro atoms. The highest BCUT2D eigenvalue weighted by Crippen LogP contribution is 2.42. The van der Waals surface area contributed by atoms with Crippen LogP contribution in [0.25, 0.3) is 21.9 Å². The molecule has 0 fully saturated rings. The van der Waals surface area contributed by atoms with Crippen molar-refractivity contribution in [3.63, 3.8) is 0 Å². The van der Waals surface area contributed by atoms with Crippen molar-refractivity contribution in [2.75, 3.05) is 4.90 Å². The van der Waals surface area contributed by atoms with Gasteiger partial charge in [0.1, 0.15) is 24.2 Å². The van der Waals surface area contributed by atoms with Crippen LogP contribution in [-0.4, -0.2) is 13.1 Å². The van der Waals surface area contributed by atoms with E-state index in [0.717, 1.165) is 25.1 Å². The maximum Gasteiger partial charge on any atom is 0.135 e. The number of hydrogen-bond donors (Lipinski definition) is 0. The summed E-state index contributed by atoms with van der Waals surface area (Å²) in [6.07, 6.45) is 1.96. The monoisotopic (exact) mass is 491 g/mol. The fourth-order valence-electron chi connectivity index (χ4n) is 4.72. The zero-order chi connectivity index (χ0) is 23.3. The van der Waals surface area contributed by atoms with Crippen LogP contribution >= 0.6 is 22.7 Å². The van der Waals surface area contributed by atoms with Crippen molar-refractivity contribution in [2.24, 2.45) is 0 Å². The summed E-state index contributed by atoms with van der Waals surface area (Å²) in [6, 6.07) is 32.3. The Morgan fingerprint density at radius 2 is 1.50 bits per heavy atom. The van der Waals surface area contributed by atoms with Crippen LogP contribution in [0.2, 0.25) is 13.1 Å². The van der Waals surface area contributed by atoms with Crippen molar-refractivity contribution >= 4 is 79.4 Å². The van der Waals surface area contributed by atoms with E-state index in [-0.39, 0.29) is 0 Å². The SMILES string of the molecule is C[Si]1(C)c2ccccc2N(c2ccc(/C=C(\C#N)c3nc4ccccc4s3)s2)c2ccccc21. The predicted molar refractivity (Wildman–Crippen MR) is 149 cm³/mol. The minimum atomic E-state index is -1.79. The lowest BCUT2D eigenvalue weighted by Gasteiger charge is -2.40. The van der Waals surface area contributed by atoms with Crippen molar-refractivity contribution in [3.05, 3.63) is 94.8 Å². The van der Waals surface area contributed by atoms with E-state index in [1.807, 2.05) is 30.3 Å². The molecular weight excluding hydrogens is 471 g/mol. The Kier molecular flexibility index (Phi) is 5.00. The molecule has 2 aromatic heterocycles. The summed E-state index contributed by atoms with van der Waals surface area (Å²) >= 11 is 3.26. The Bertz CT molecular complexity index is 1540. The molecule has 0 saturated carbocycles. The first-order chi connectivity index (χ1) is 16.6. The van der Waals surface area contributed by atoms with Crippen LogP contribution < -0.4 is 15.3 Å². The predicted octanol–water partition coefficient (Wildman–Crippen LogP) is 7.03. The average Bonchev–Trinajstić information content (AvgIpc) is 3.50. The number of rotatable bonds is 3. The summed E-state index contributed by atoms with van der Waals surface area (Å²) in [5.41, 5.74) is 4.07. The second-order valence-corrected chi connectivity index (χ2v) is 15.3. The highest BCUT2D eigenvalue weighted by atomic mass is 32.1. The van der Waals surface area contributed by atoms with Gasteiger partial charge in [-0.3, -0.25) is 0 Å². The Labute approximate surface area is 207 Å². The molecule has 0 unspecified atom stereocenters. The molecule has 3 heterocycles. The quantitative estimate of drug-likeness (QED) is 0.201. The third-order valence-corrected chi connectivity index (χ3v) is 12.0. The third kappa shape index (κ3) is 3.33.